The number of nitrogens with one attached hydrogen (secondary N) is 1. The number of rotatable bonds is 11. The van der Waals surface area contributed by atoms with Crippen LogP contribution >= 0.6 is 22.7 Å². The molecule has 2 N–H and O–H groups in total. The third-order valence-electron chi connectivity index (χ3n) is 4.11. The number of carbonyl (C=O) groups is 1. The molecule has 0 aromatic heterocycles. The molecule has 0 bridgehead atoms. The highest BCUT2D eigenvalue weighted by Gasteiger charge is 2.52. The van der Waals surface area contributed by atoms with Crippen LogP contribution < -0.4 is 5.32 Å². The van der Waals surface area contributed by atoms with Crippen LogP contribution in [0.4, 0.5) is 4.79 Å². The SMILES string of the molecule is C=C1C=CN([C@@H]2OC(OCP(=O)(C#N)OC)[C@@H](OP(O)(=S)OCPC)[C@H]2OC)C(=O)N1. The summed E-state index contributed by atoms with van der Waals surface area (Å²) in [4.78, 5) is 24.0. The van der Waals surface area contributed by atoms with Crippen molar-refractivity contribution in [3.63, 3.8) is 0 Å². The lowest BCUT2D eigenvalue weighted by atomic mass is 10.2. The van der Waals surface area contributed by atoms with Crippen LogP contribution in [0, 0.1) is 11.1 Å². The van der Waals surface area contributed by atoms with Gasteiger partial charge in [-0.3, -0.25) is 14.0 Å². The Balaban J connectivity index is 2.30. The van der Waals surface area contributed by atoms with Crippen molar-refractivity contribution in [2.75, 3.05) is 33.6 Å². The van der Waals surface area contributed by atoms with Crippen LogP contribution in [-0.4, -0.2) is 74.1 Å². The summed E-state index contributed by atoms with van der Waals surface area (Å²) < 4.78 is 44.6. The fourth-order valence-corrected chi connectivity index (χ4v) is 5.75. The number of urea groups is 1. The highest BCUT2D eigenvalue weighted by molar-refractivity contribution is 8.07. The van der Waals surface area contributed by atoms with Crippen molar-refractivity contribution in [3.8, 4) is 5.81 Å². The van der Waals surface area contributed by atoms with E-state index in [-0.39, 0.29) is 6.35 Å². The van der Waals surface area contributed by atoms with Gasteiger partial charge in [-0.15, -0.1) is 0 Å². The minimum absolute atomic E-state index is 0.181. The topological polar surface area (TPSA) is 149 Å². The maximum absolute atomic E-state index is 12.4. The van der Waals surface area contributed by atoms with Gasteiger partial charge in [-0.05, 0) is 24.5 Å². The standard InChI is InChI=1S/C15H24N3O9P3S/c1-10-5-6-18(15(19)17-10)13-11(22-2)12(27-30(21,31)25-8-28-4)14(26-13)24-9-29(20,7-16)23-3/h5-6,11-14,28H,1,8-9H2,2-4H3,(H,17,19)(H,21,31)/t11-,12+,13-,14?,29?,30?/m1/s1. The summed E-state index contributed by atoms with van der Waals surface area (Å²) in [5.41, 5.74) is 0.378. The van der Waals surface area contributed by atoms with Crippen LogP contribution in [-0.2, 0) is 44.2 Å². The summed E-state index contributed by atoms with van der Waals surface area (Å²) >= 11 is 5.05. The number of ether oxygens (including phenoxy) is 3. The Morgan fingerprint density at radius 2 is 2.19 bits per heavy atom. The largest absolute Gasteiger partial charge is 0.374 e. The van der Waals surface area contributed by atoms with Gasteiger partial charge in [-0.25, -0.2) is 4.79 Å². The molecule has 0 spiro atoms. The lowest BCUT2D eigenvalue weighted by molar-refractivity contribution is -0.166. The van der Waals surface area contributed by atoms with E-state index in [0.29, 0.717) is 14.3 Å². The molecule has 174 valence electrons. The van der Waals surface area contributed by atoms with Crippen LogP contribution in [0.25, 0.3) is 0 Å². The molecule has 0 radical (unpaired) electrons. The lowest BCUT2D eigenvalue weighted by Crippen LogP contribution is -2.50. The van der Waals surface area contributed by atoms with Gasteiger partial charge in [0.2, 0.25) is 0 Å². The second-order valence-corrected chi connectivity index (χ2v) is 12.1. The first-order chi connectivity index (χ1) is 14.6. The Kier molecular flexibility index (Phi) is 9.77. The van der Waals surface area contributed by atoms with Crippen molar-refractivity contribution in [2.45, 2.75) is 24.7 Å². The molecule has 2 aliphatic heterocycles. The van der Waals surface area contributed by atoms with Gasteiger partial charge in [-0.1, -0.05) is 15.2 Å². The Bertz CT molecular complexity index is 851. The second-order valence-electron chi connectivity index (χ2n) is 6.19. The van der Waals surface area contributed by atoms with Crippen LogP contribution in [0.2, 0.25) is 0 Å². The molecule has 12 nitrogen and oxygen atoms in total. The van der Waals surface area contributed by atoms with Crippen molar-refractivity contribution in [1.29, 1.82) is 5.26 Å². The molecular weight excluding hydrogens is 491 g/mol. The number of amides is 2. The number of carbonyl (C=O) groups excluding carboxylic acids is 1. The van der Waals surface area contributed by atoms with Crippen molar-refractivity contribution >= 4 is 40.5 Å². The van der Waals surface area contributed by atoms with Crippen LogP contribution in [0.15, 0.2) is 24.6 Å². The quantitative estimate of drug-likeness (QED) is 0.389. The first-order valence-electron chi connectivity index (χ1n) is 8.72. The Hall–Kier alpha value is -0.730. The highest BCUT2D eigenvalue weighted by Crippen LogP contribution is 2.50. The molecule has 0 saturated carbocycles. The van der Waals surface area contributed by atoms with Gasteiger partial charge in [-0.2, -0.15) is 5.26 Å². The fraction of sp³-hybridized carbons (Fsp3) is 0.600. The summed E-state index contributed by atoms with van der Waals surface area (Å²) in [6.45, 7) is 1.77. The molecule has 2 aliphatic rings. The molecule has 0 aromatic rings. The Labute approximate surface area is 186 Å². The maximum atomic E-state index is 12.4. The monoisotopic (exact) mass is 515 g/mol. The second kappa shape index (κ2) is 11.4. The summed E-state index contributed by atoms with van der Waals surface area (Å²) in [6, 6.07) is -0.551. The molecule has 2 rings (SSSR count). The molecule has 2 amide bonds. The zero-order valence-electron chi connectivity index (χ0n) is 17.0. The van der Waals surface area contributed by atoms with Gasteiger partial charge in [0, 0.05) is 26.1 Å². The van der Waals surface area contributed by atoms with E-state index in [4.69, 9.17) is 44.9 Å². The molecule has 0 aliphatic carbocycles. The maximum Gasteiger partial charge on any atom is 0.328 e. The number of nitrogens with zero attached hydrogens (tertiary/aromatic N) is 2. The van der Waals surface area contributed by atoms with E-state index in [0.717, 1.165) is 7.11 Å². The molecule has 16 heteroatoms. The average molecular weight is 515 g/mol. The number of hydrogen-bond donors (Lipinski definition) is 2. The molecular formula is C15H24N3O9P3S. The summed E-state index contributed by atoms with van der Waals surface area (Å²) in [5, 5.41) is 11.6. The Morgan fingerprint density at radius 1 is 1.48 bits per heavy atom. The first-order valence-corrected chi connectivity index (χ1v) is 14.8. The van der Waals surface area contributed by atoms with Gasteiger partial charge in [0.25, 0.3) is 0 Å². The van der Waals surface area contributed by atoms with E-state index in [1.54, 1.807) is 5.81 Å². The molecule has 0 aromatic carbocycles. The van der Waals surface area contributed by atoms with Gasteiger partial charge < -0.3 is 33.5 Å². The van der Waals surface area contributed by atoms with Crippen molar-refractivity contribution in [3.05, 3.63) is 24.6 Å². The number of allylic oxidation sites excluding steroid dienone is 1. The van der Waals surface area contributed by atoms with E-state index >= 15 is 0 Å². The molecule has 7 atom stereocenters. The zero-order chi connectivity index (χ0) is 23.2. The van der Waals surface area contributed by atoms with E-state index in [1.807, 2.05) is 6.66 Å². The molecule has 1 fully saturated rings. The van der Waals surface area contributed by atoms with Crippen LogP contribution in [0.1, 0.15) is 0 Å². The summed E-state index contributed by atoms with van der Waals surface area (Å²) in [7, 11) is -0.942. The van der Waals surface area contributed by atoms with Gasteiger partial charge in [0.15, 0.2) is 18.3 Å². The minimum atomic E-state index is -3.75. The summed E-state index contributed by atoms with van der Waals surface area (Å²) in [5.74, 6) is 1.55. The Morgan fingerprint density at radius 3 is 2.74 bits per heavy atom. The lowest BCUT2D eigenvalue weighted by Gasteiger charge is -2.31. The average Bonchev–Trinajstić information content (AvgIpc) is 3.06. The van der Waals surface area contributed by atoms with Crippen molar-refractivity contribution in [2.24, 2.45) is 0 Å². The fourth-order valence-electron chi connectivity index (χ4n) is 2.63. The van der Waals surface area contributed by atoms with Crippen molar-refractivity contribution < 1.29 is 42.0 Å². The predicted molar refractivity (Wildman–Crippen MR) is 116 cm³/mol. The smallest absolute Gasteiger partial charge is 0.328 e. The van der Waals surface area contributed by atoms with E-state index in [2.05, 4.69) is 11.9 Å². The minimum Gasteiger partial charge on any atom is -0.374 e. The first kappa shape index (κ1) is 26.5. The van der Waals surface area contributed by atoms with Crippen LogP contribution in [0.3, 0.4) is 0 Å². The van der Waals surface area contributed by atoms with E-state index in [1.165, 1.54) is 24.3 Å². The van der Waals surface area contributed by atoms with Gasteiger partial charge in [0.1, 0.15) is 18.6 Å². The normalized spacial score (nSPS) is 30.2. The van der Waals surface area contributed by atoms with Crippen molar-refractivity contribution in [1.82, 2.24) is 10.2 Å². The van der Waals surface area contributed by atoms with Gasteiger partial charge >= 0.3 is 20.1 Å². The van der Waals surface area contributed by atoms with Crippen LogP contribution in [0.5, 0.6) is 0 Å². The van der Waals surface area contributed by atoms with E-state index in [9.17, 15) is 14.3 Å². The van der Waals surface area contributed by atoms with Gasteiger partial charge in [0.05, 0.1) is 6.35 Å². The highest BCUT2D eigenvalue weighted by atomic mass is 32.5. The predicted octanol–water partition coefficient (Wildman–Crippen LogP) is 2.00. The van der Waals surface area contributed by atoms with E-state index < -0.39 is 51.2 Å². The molecule has 1 saturated heterocycles. The third kappa shape index (κ3) is 6.87. The number of hydrogen-bond acceptors (Lipinski definition) is 10. The third-order valence-corrected chi connectivity index (χ3v) is 7.71. The number of methoxy groups -OCH3 is 1. The molecule has 2 heterocycles. The zero-order valence-corrected chi connectivity index (χ0v) is 20.6. The molecule has 31 heavy (non-hydrogen) atoms. The molecule has 4 unspecified atom stereocenters. The summed E-state index contributed by atoms with van der Waals surface area (Å²) in [6.07, 6.45) is -2.04. The number of nitriles is 1.